The summed E-state index contributed by atoms with van der Waals surface area (Å²) in [5.41, 5.74) is 6.53. The van der Waals surface area contributed by atoms with Crippen molar-refractivity contribution >= 4 is 18.4 Å². The SMILES string of the molecule is COC(=O)c1cnn(C)c1CN.Cl. The first-order valence-electron chi connectivity index (χ1n) is 3.50. The highest BCUT2D eigenvalue weighted by Gasteiger charge is 2.14. The van der Waals surface area contributed by atoms with Gasteiger partial charge in [-0.1, -0.05) is 0 Å². The Bertz CT molecular complexity index is 298. The zero-order valence-electron chi connectivity index (χ0n) is 7.48. The lowest BCUT2D eigenvalue weighted by Gasteiger charge is -2.00. The molecule has 0 aromatic carbocycles. The third-order valence-electron chi connectivity index (χ3n) is 1.66. The number of aromatic nitrogens is 2. The van der Waals surface area contributed by atoms with Crippen molar-refractivity contribution < 1.29 is 9.53 Å². The Morgan fingerprint density at radius 3 is 2.85 bits per heavy atom. The van der Waals surface area contributed by atoms with E-state index in [0.29, 0.717) is 11.3 Å². The molecule has 0 fully saturated rings. The third-order valence-corrected chi connectivity index (χ3v) is 1.66. The van der Waals surface area contributed by atoms with E-state index in [-0.39, 0.29) is 19.0 Å². The van der Waals surface area contributed by atoms with Gasteiger partial charge in [-0.05, 0) is 0 Å². The Balaban J connectivity index is 0.00000144. The quantitative estimate of drug-likeness (QED) is 0.695. The molecule has 6 heteroatoms. The molecular formula is C7H12ClN3O2. The minimum absolute atomic E-state index is 0. The summed E-state index contributed by atoms with van der Waals surface area (Å²) in [6, 6.07) is 0. The van der Waals surface area contributed by atoms with Crippen LogP contribution in [0, 0.1) is 0 Å². The molecule has 13 heavy (non-hydrogen) atoms. The largest absolute Gasteiger partial charge is 0.465 e. The van der Waals surface area contributed by atoms with Crippen molar-refractivity contribution in [3.05, 3.63) is 17.5 Å². The summed E-state index contributed by atoms with van der Waals surface area (Å²) in [4.78, 5) is 11.1. The fraction of sp³-hybridized carbons (Fsp3) is 0.429. The Hall–Kier alpha value is -1.07. The number of methoxy groups -OCH3 is 1. The number of rotatable bonds is 2. The van der Waals surface area contributed by atoms with Crippen LogP contribution in [0.3, 0.4) is 0 Å². The van der Waals surface area contributed by atoms with Gasteiger partial charge in [-0.2, -0.15) is 5.10 Å². The topological polar surface area (TPSA) is 70.1 Å². The highest BCUT2D eigenvalue weighted by atomic mass is 35.5. The van der Waals surface area contributed by atoms with Gasteiger partial charge in [0.25, 0.3) is 0 Å². The maximum atomic E-state index is 11.1. The van der Waals surface area contributed by atoms with E-state index >= 15 is 0 Å². The van der Waals surface area contributed by atoms with Gasteiger partial charge in [-0.25, -0.2) is 4.79 Å². The average Bonchev–Trinajstić information content (AvgIpc) is 2.45. The first kappa shape index (κ1) is 11.9. The van der Waals surface area contributed by atoms with Gasteiger partial charge in [0.15, 0.2) is 0 Å². The van der Waals surface area contributed by atoms with Crippen molar-refractivity contribution in [1.29, 1.82) is 0 Å². The highest BCUT2D eigenvalue weighted by Crippen LogP contribution is 2.07. The predicted octanol–water partition coefficient (Wildman–Crippen LogP) is 0.0872. The van der Waals surface area contributed by atoms with Crippen LogP contribution in [0.2, 0.25) is 0 Å². The fourth-order valence-corrected chi connectivity index (χ4v) is 0.985. The zero-order chi connectivity index (χ0) is 9.14. The zero-order valence-corrected chi connectivity index (χ0v) is 8.30. The van der Waals surface area contributed by atoms with Crippen LogP contribution in [0.25, 0.3) is 0 Å². The Morgan fingerprint density at radius 2 is 2.38 bits per heavy atom. The van der Waals surface area contributed by atoms with E-state index in [1.54, 1.807) is 11.7 Å². The van der Waals surface area contributed by atoms with Crippen LogP contribution >= 0.6 is 12.4 Å². The van der Waals surface area contributed by atoms with Crippen LogP contribution in [-0.2, 0) is 18.3 Å². The van der Waals surface area contributed by atoms with E-state index < -0.39 is 5.97 Å². The molecule has 0 aliphatic carbocycles. The molecule has 1 aromatic rings. The number of nitrogens with two attached hydrogens (primary N) is 1. The standard InChI is InChI=1S/C7H11N3O2.ClH/c1-10-6(3-8)5(4-9-10)7(11)12-2;/h4H,3,8H2,1-2H3;1H. The summed E-state index contributed by atoms with van der Waals surface area (Å²) >= 11 is 0. The smallest absolute Gasteiger partial charge is 0.341 e. The van der Waals surface area contributed by atoms with Gasteiger partial charge in [0, 0.05) is 13.6 Å². The number of nitrogens with zero attached hydrogens (tertiary/aromatic N) is 2. The van der Waals surface area contributed by atoms with Gasteiger partial charge < -0.3 is 10.5 Å². The monoisotopic (exact) mass is 205 g/mol. The van der Waals surface area contributed by atoms with Crippen LogP contribution in [0.4, 0.5) is 0 Å². The number of hydrogen-bond acceptors (Lipinski definition) is 4. The van der Waals surface area contributed by atoms with Crippen LogP contribution < -0.4 is 5.73 Å². The van der Waals surface area contributed by atoms with Crippen molar-refractivity contribution in [1.82, 2.24) is 9.78 Å². The molecule has 0 aliphatic rings. The second kappa shape index (κ2) is 4.84. The van der Waals surface area contributed by atoms with Crippen molar-refractivity contribution in [3.63, 3.8) is 0 Å². The number of carbonyl (C=O) groups is 1. The van der Waals surface area contributed by atoms with Crippen molar-refractivity contribution in [3.8, 4) is 0 Å². The van der Waals surface area contributed by atoms with E-state index in [0.717, 1.165) is 0 Å². The summed E-state index contributed by atoms with van der Waals surface area (Å²) in [6.07, 6.45) is 1.45. The average molecular weight is 206 g/mol. The lowest BCUT2D eigenvalue weighted by molar-refractivity contribution is 0.0599. The molecule has 1 aromatic heterocycles. The second-order valence-corrected chi connectivity index (χ2v) is 2.32. The summed E-state index contributed by atoms with van der Waals surface area (Å²) in [7, 11) is 3.06. The van der Waals surface area contributed by atoms with E-state index in [4.69, 9.17) is 5.73 Å². The lowest BCUT2D eigenvalue weighted by Crippen LogP contribution is -2.10. The van der Waals surface area contributed by atoms with Crippen molar-refractivity contribution in [2.75, 3.05) is 7.11 Å². The van der Waals surface area contributed by atoms with Crippen LogP contribution in [0.1, 0.15) is 16.1 Å². The summed E-state index contributed by atoms with van der Waals surface area (Å²) < 4.78 is 6.11. The number of esters is 1. The molecule has 0 unspecified atom stereocenters. The van der Waals surface area contributed by atoms with Crippen molar-refractivity contribution in [2.45, 2.75) is 6.54 Å². The normalized spacial score (nSPS) is 9.15. The maximum Gasteiger partial charge on any atom is 0.341 e. The first-order chi connectivity index (χ1) is 5.70. The second-order valence-electron chi connectivity index (χ2n) is 2.32. The Labute approximate surface area is 82.3 Å². The summed E-state index contributed by atoms with van der Waals surface area (Å²) in [5.74, 6) is -0.399. The minimum Gasteiger partial charge on any atom is -0.465 e. The van der Waals surface area contributed by atoms with E-state index in [2.05, 4.69) is 9.84 Å². The fourth-order valence-electron chi connectivity index (χ4n) is 0.985. The van der Waals surface area contributed by atoms with E-state index in [9.17, 15) is 4.79 Å². The minimum atomic E-state index is -0.399. The molecule has 0 bridgehead atoms. The van der Waals surface area contributed by atoms with Crippen LogP contribution in [-0.4, -0.2) is 22.9 Å². The molecule has 0 saturated heterocycles. The first-order valence-corrected chi connectivity index (χ1v) is 3.50. The molecule has 0 saturated carbocycles. The molecule has 0 spiro atoms. The molecule has 2 N–H and O–H groups in total. The molecule has 5 nitrogen and oxygen atoms in total. The van der Waals surface area contributed by atoms with E-state index in [1.165, 1.54) is 13.3 Å². The number of ether oxygens (including phenoxy) is 1. The van der Waals surface area contributed by atoms with Gasteiger partial charge in [0.1, 0.15) is 5.56 Å². The molecule has 1 heterocycles. The lowest BCUT2D eigenvalue weighted by atomic mass is 10.2. The molecule has 74 valence electrons. The van der Waals surface area contributed by atoms with Gasteiger partial charge in [-0.15, -0.1) is 12.4 Å². The highest BCUT2D eigenvalue weighted by molar-refractivity contribution is 5.90. The Kier molecular flexibility index (Phi) is 4.44. The third kappa shape index (κ3) is 2.19. The maximum absolute atomic E-state index is 11.1. The number of hydrogen-bond donors (Lipinski definition) is 1. The van der Waals surface area contributed by atoms with E-state index in [1.807, 2.05) is 0 Å². The molecular weight excluding hydrogens is 194 g/mol. The summed E-state index contributed by atoms with van der Waals surface area (Å²) in [6.45, 7) is 0.279. The number of carbonyl (C=O) groups excluding carboxylic acids is 1. The number of halogens is 1. The van der Waals surface area contributed by atoms with Gasteiger partial charge in [0.05, 0.1) is 19.0 Å². The summed E-state index contributed by atoms with van der Waals surface area (Å²) in [5, 5.41) is 3.89. The Morgan fingerprint density at radius 1 is 1.77 bits per heavy atom. The van der Waals surface area contributed by atoms with Gasteiger partial charge >= 0.3 is 5.97 Å². The van der Waals surface area contributed by atoms with Gasteiger partial charge in [0.2, 0.25) is 0 Å². The molecule has 0 aliphatic heterocycles. The number of aryl methyl sites for hydroxylation is 1. The predicted molar refractivity (Wildman–Crippen MR) is 49.7 cm³/mol. The molecule has 0 radical (unpaired) electrons. The van der Waals surface area contributed by atoms with Gasteiger partial charge in [-0.3, -0.25) is 4.68 Å². The molecule has 0 atom stereocenters. The van der Waals surface area contributed by atoms with Crippen LogP contribution in [0.15, 0.2) is 6.20 Å². The molecule has 1 rings (SSSR count). The van der Waals surface area contributed by atoms with Crippen molar-refractivity contribution in [2.24, 2.45) is 12.8 Å². The molecule has 0 amide bonds. The van der Waals surface area contributed by atoms with Crippen LogP contribution in [0.5, 0.6) is 0 Å².